The van der Waals surface area contributed by atoms with Gasteiger partial charge in [0.05, 0.1) is 0 Å². The molecule has 1 fully saturated rings. The van der Waals surface area contributed by atoms with Crippen LogP contribution in [-0.2, 0) is 0 Å². The third-order valence-corrected chi connectivity index (χ3v) is 1.62. The van der Waals surface area contributed by atoms with Crippen molar-refractivity contribution in [2.75, 3.05) is 13.1 Å². The summed E-state index contributed by atoms with van der Waals surface area (Å²) in [6, 6.07) is 1.25. The minimum absolute atomic E-state index is 0. The van der Waals surface area contributed by atoms with Crippen LogP contribution in [0.3, 0.4) is 0 Å². The van der Waals surface area contributed by atoms with Crippen molar-refractivity contribution in [1.29, 1.82) is 0 Å². The van der Waals surface area contributed by atoms with Gasteiger partial charge in [0, 0.05) is 12.1 Å². The fourth-order valence-corrected chi connectivity index (χ4v) is 1.29. The second-order valence-electron chi connectivity index (χ2n) is 3.93. The van der Waals surface area contributed by atoms with Crippen molar-refractivity contribution in [2.24, 2.45) is 0 Å². The molecule has 78 valence electrons. The molecule has 0 atom stereocenters. The first-order valence-electron chi connectivity index (χ1n) is 5.09. The Kier molecular flexibility index (Phi) is 20.7. The van der Waals surface area contributed by atoms with Gasteiger partial charge in [0.15, 0.2) is 0 Å². The van der Waals surface area contributed by atoms with Crippen LogP contribution >= 0.6 is 0 Å². The molecule has 14 heavy (non-hydrogen) atoms. The van der Waals surface area contributed by atoms with Crippen LogP contribution in [0.25, 0.3) is 0 Å². The Morgan fingerprint density at radius 3 is 1.36 bits per heavy atom. The molecule has 0 saturated carbocycles. The minimum Gasteiger partial charge on any atom is -1.00 e. The Morgan fingerprint density at radius 2 is 1.29 bits per heavy atom. The Balaban J connectivity index is -0.0000000411. The Hall–Kier alpha value is 1.11. The van der Waals surface area contributed by atoms with Gasteiger partial charge in [-0.1, -0.05) is 27.7 Å². The molecule has 1 heterocycles. The van der Waals surface area contributed by atoms with E-state index in [4.69, 9.17) is 0 Å². The van der Waals surface area contributed by atoms with E-state index >= 15 is 0 Å². The third-order valence-electron chi connectivity index (χ3n) is 1.62. The second kappa shape index (κ2) is 14.1. The van der Waals surface area contributed by atoms with Crippen molar-refractivity contribution in [2.45, 2.75) is 52.6 Å². The maximum Gasteiger partial charge on any atom is 1.00 e. The van der Waals surface area contributed by atoms with Gasteiger partial charge >= 0.3 is 37.7 Å². The first-order valence-corrected chi connectivity index (χ1v) is 5.09. The van der Waals surface area contributed by atoms with E-state index in [2.05, 4.69) is 38.3 Å². The van der Waals surface area contributed by atoms with E-state index in [0.717, 1.165) is 0 Å². The molecule has 0 aromatic carbocycles. The Labute approximate surface area is 117 Å². The van der Waals surface area contributed by atoms with Gasteiger partial charge in [0.1, 0.15) is 0 Å². The number of hydrogen-bond donors (Lipinski definition) is 2. The van der Waals surface area contributed by atoms with Crippen LogP contribution in [0, 0.1) is 0 Å². The summed E-state index contributed by atoms with van der Waals surface area (Å²) in [5.74, 6) is 0. The molecule has 1 aliphatic heterocycles. The molecule has 0 radical (unpaired) electrons. The van der Waals surface area contributed by atoms with Gasteiger partial charge in [-0.25, -0.2) is 0 Å². The summed E-state index contributed by atoms with van der Waals surface area (Å²) >= 11 is 0. The topological polar surface area (TPSA) is 24.1 Å². The van der Waals surface area contributed by atoms with E-state index in [1.54, 1.807) is 0 Å². The molecule has 0 bridgehead atoms. The summed E-state index contributed by atoms with van der Waals surface area (Å²) in [5, 5.41) is 6.53. The van der Waals surface area contributed by atoms with E-state index in [9.17, 15) is 0 Å². The van der Waals surface area contributed by atoms with Crippen LogP contribution in [-0.4, -0.2) is 25.2 Å². The molecule has 0 aromatic rings. The average Bonchev–Trinajstić information content (AvgIpc) is 2.36. The SMILES string of the molecule is C1CCNC1.CC(C)NC(C)C.[H-].[H-].[Li+].[Li+]. The zero-order valence-electron chi connectivity index (χ0n) is 13.0. The van der Waals surface area contributed by atoms with Crippen LogP contribution in [0.2, 0.25) is 0 Å². The molecule has 2 N–H and O–H groups in total. The smallest absolute Gasteiger partial charge is 1.00 e. The quantitative estimate of drug-likeness (QED) is 0.432. The van der Waals surface area contributed by atoms with Crippen LogP contribution in [0.1, 0.15) is 43.4 Å². The van der Waals surface area contributed by atoms with E-state index < -0.39 is 0 Å². The molecule has 1 saturated heterocycles. The van der Waals surface area contributed by atoms with E-state index in [-0.39, 0.29) is 40.6 Å². The van der Waals surface area contributed by atoms with E-state index in [1.807, 2.05) is 0 Å². The average molecular weight is 188 g/mol. The first kappa shape index (κ1) is 20.5. The number of hydrogen-bond acceptors (Lipinski definition) is 2. The second-order valence-corrected chi connectivity index (χ2v) is 3.93. The van der Waals surface area contributed by atoms with Gasteiger partial charge in [-0.05, 0) is 25.9 Å². The van der Waals surface area contributed by atoms with Gasteiger partial charge in [-0.15, -0.1) is 0 Å². The molecule has 1 rings (SSSR count). The number of nitrogens with one attached hydrogen (secondary N) is 2. The molecule has 0 aliphatic carbocycles. The maximum atomic E-state index is 3.31. The minimum atomic E-state index is 0. The normalized spacial score (nSPS) is 14.1. The molecule has 0 amide bonds. The van der Waals surface area contributed by atoms with Gasteiger partial charge in [-0.2, -0.15) is 0 Å². The van der Waals surface area contributed by atoms with E-state index in [1.165, 1.54) is 25.9 Å². The fourth-order valence-electron chi connectivity index (χ4n) is 1.29. The van der Waals surface area contributed by atoms with Crippen molar-refractivity contribution >= 4 is 0 Å². The monoisotopic (exact) mass is 188 g/mol. The predicted octanol–water partition coefficient (Wildman–Crippen LogP) is -4.00. The van der Waals surface area contributed by atoms with Crippen molar-refractivity contribution in [1.82, 2.24) is 10.6 Å². The summed E-state index contributed by atoms with van der Waals surface area (Å²) in [4.78, 5) is 0. The summed E-state index contributed by atoms with van der Waals surface area (Å²) < 4.78 is 0. The largest absolute Gasteiger partial charge is 1.00 e. The van der Waals surface area contributed by atoms with E-state index in [0.29, 0.717) is 12.1 Å². The summed E-state index contributed by atoms with van der Waals surface area (Å²) in [6.45, 7) is 11.1. The maximum absolute atomic E-state index is 3.31. The standard InChI is InChI=1S/C6H15N.C4H9N.2Li.2H/c1-5(2)7-6(3)4;1-2-4-5-3-1;;;;/h5-7H,1-4H3;5H,1-4H2;;;;/q;;2*+1;2*-1. The summed E-state index contributed by atoms with van der Waals surface area (Å²) in [7, 11) is 0. The fraction of sp³-hybridized carbons (Fsp3) is 1.00. The molecule has 4 heteroatoms. The van der Waals surface area contributed by atoms with Gasteiger partial charge < -0.3 is 13.5 Å². The van der Waals surface area contributed by atoms with Crippen LogP contribution < -0.4 is 48.4 Å². The van der Waals surface area contributed by atoms with Crippen LogP contribution in [0.5, 0.6) is 0 Å². The molecule has 0 unspecified atom stereocenters. The zero-order valence-corrected chi connectivity index (χ0v) is 11.0. The molecule has 0 spiro atoms. The number of rotatable bonds is 2. The molecule has 0 aromatic heterocycles. The van der Waals surface area contributed by atoms with Crippen molar-refractivity contribution in [3.05, 3.63) is 0 Å². The Morgan fingerprint density at radius 1 is 0.929 bits per heavy atom. The summed E-state index contributed by atoms with van der Waals surface area (Å²) in [5.41, 5.74) is 0. The van der Waals surface area contributed by atoms with Crippen LogP contribution in [0.15, 0.2) is 0 Å². The molecule has 2 nitrogen and oxygen atoms in total. The van der Waals surface area contributed by atoms with Crippen molar-refractivity contribution < 1.29 is 40.6 Å². The van der Waals surface area contributed by atoms with Crippen molar-refractivity contribution in [3.8, 4) is 0 Å². The summed E-state index contributed by atoms with van der Waals surface area (Å²) in [6.07, 6.45) is 2.78. The van der Waals surface area contributed by atoms with Gasteiger partial charge in [0.2, 0.25) is 0 Å². The molecule has 1 aliphatic rings. The van der Waals surface area contributed by atoms with Gasteiger partial charge in [0.25, 0.3) is 0 Å². The third kappa shape index (κ3) is 18.8. The van der Waals surface area contributed by atoms with Gasteiger partial charge in [-0.3, -0.25) is 0 Å². The predicted molar refractivity (Wildman–Crippen MR) is 57.7 cm³/mol. The molecular weight excluding hydrogens is 162 g/mol. The first-order chi connectivity index (χ1) is 5.63. The van der Waals surface area contributed by atoms with Crippen LogP contribution in [0.4, 0.5) is 0 Å². The molecular formula is C10H26Li2N2. The van der Waals surface area contributed by atoms with Crippen molar-refractivity contribution in [3.63, 3.8) is 0 Å². The zero-order chi connectivity index (χ0) is 9.40. The Bertz CT molecular complexity index is 89.2.